The van der Waals surface area contributed by atoms with Crippen molar-refractivity contribution in [2.24, 2.45) is 5.92 Å². The summed E-state index contributed by atoms with van der Waals surface area (Å²) in [6, 6.07) is -0.294. The van der Waals surface area contributed by atoms with Crippen LogP contribution in [0.15, 0.2) is 0 Å². The number of hydrogen-bond acceptors (Lipinski definition) is 3. The SMILES string of the molecule is COC1CCC(NC(=O)NC2(C(=O)O)CCC(C)CC2)C1. The first-order chi connectivity index (χ1) is 9.95. The zero-order chi connectivity index (χ0) is 15.5. The largest absolute Gasteiger partial charge is 0.480 e. The Bertz CT molecular complexity index is 391. The lowest BCUT2D eigenvalue weighted by atomic mass is 9.77. The zero-order valence-corrected chi connectivity index (χ0v) is 12.9. The third-order valence-electron chi connectivity index (χ3n) is 4.94. The first-order valence-electron chi connectivity index (χ1n) is 7.80. The monoisotopic (exact) mass is 298 g/mol. The summed E-state index contributed by atoms with van der Waals surface area (Å²) in [7, 11) is 1.68. The van der Waals surface area contributed by atoms with E-state index in [0.717, 1.165) is 32.1 Å². The summed E-state index contributed by atoms with van der Waals surface area (Å²) in [4.78, 5) is 23.7. The lowest BCUT2D eigenvalue weighted by Crippen LogP contribution is -2.59. The molecule has 0 radical (unpaired) electrons. The molecule has 6 heteroatoms. The molecule has 2 saturated carbocycles. The number of methoxy groups -OCH3 is 1. The summed E-state index contributed by atoms with van der Waals surface area (Å²) in [5.41, 5.74) is -1.10. The normalized spacial score (nSPS) is 36.2. The van der Waals surface area contributed by atoms with Crippen molar-refractivity contribution < 1.29 is 19.4 Å². The number of aliphatic carboxylic acids is 1. The van der Waals surface area contributed by atoms with E-state index < -0.39 is 11.5 Å². The van der Waals surface area contributed by atoms with Gasteiger partial charge in [0, 0.05) is 13.2 Å². The topological polar surface area (TPSA) is 87.7 Å². The van der Waals surface area contributed by atoms with Gasteiger partial charge in [-0.3, -0.25) is 0 Å². The van der Waals surface area contributed by atoms with E-state index in [9.17, 15) is 14.7 Å². The Labute approximate surface area is 125 Å². The number of urea groups is 1. The van der Waals surface area contributed by atoms with Crippen molar-refractivity contribution in [1.82, 2.24) is 10.6 Å². The van der Waals surface area contributed by atoms with Crippen molar-refractivity contribution in [3.8, 4) is 0 Å². The van der Waals surface area contributed by atoms with Gasteiger partial charge >= 0.3 is 12.0 Å². The lowest BCUT2D eigenvalue weighted by Gasteiger charge is -2.36. The van der Waals surface area contributed by atoms with Crippen molar-refractivity contribution in [2.75, 3.05) is 7.11 Å². The maximum atomic E-state index is 12.1. The molecule has 0 aromatic carbocycles. The Balaban J connectivity index is 1.89. The smallest absolute Gasteiger partial charge is 0.329 e. The van der Waals surface area contributed by atoms with Crippen LogP contribution in [-0.2, 0) is 9.53 Å². The Kier molecular flexibility index (Phi) is 5.08. The fourth-order valence-corrected chi connectivity index (χ4v) is 3.37. The molecule has 2 amide bonds. The molecule has 2 rings (SSSR count). The minimum Gasteiger partial charge on any atom is -0.480 e. The molecule has 0 aromatic rings. The van der Waals surface area contributed by atoms with Crippen molar-refractivity contribution in [1.29, 1.82) is 0 Å². The second kappa shape index (κ2) is 6.64. The number of carbonyl (C=O) groups is 2. The minimum absolute atomic E-state index is 0.0725. The summed E-state index contributed by atoms with van der Waals surface area (Å²) in [6.45, 7) is 2.12. The highest BCUT2D eigenvalue weighted by Gasteiger charge is 2.42. The van der Waals surface area contributed by atoms with Gasteiger partial charge in [-0.05, 0) is 50.9 Å². The van der Waals surface area contributed by atoms with E-state index in [1.165, 1.54) is 0 Å². The van der Waals surface area contributed by atoms with E-state index >= 15 is 0 Å². The molecule has 2 unspecified atom stereocenters. The van der Waals surface area contributed by atoms with Crippen LogP contribution in [-0.4, -0.2) is 41.9 Å². The molecule has 2 aliphatic carbocycles. The number of carboxylic acids is 1. The van der Waals surface area contributed by atoms with Gasteiger partial charge in [-0.25, -0.2) is 9.59 Å². The number of hydrogen-bond donors (Lipinski definition) is 3. The molecule has 2 fully saturated rings. The van der Waals surface area contributed by atoms with Crippen LogP contribution in [0.3, 0.4) is 0 Å². The van der Waals surface area contributed by atoms with E-state index in [0.29, 0.717) is 18.8 Å². The second-order valence-electron chi connectivity index (χ2n) is 6.54. The van der Waals surface area contributed by atoms with Crippen LogP contribution in [0.5, 0.6) is 0 Å². The number of rotatable bonds is 4. The molecule has 0 heterocycles. The summed E-state index contributed by atoms with van der Waals surface area (Å²) < 4.78 is 5.28. The van der Waals surface area contributed by atoms with Crippen LogP contribution in [0.25, 0.3) is 0 Å². The highest BCUT2D eigenvalue weighted by Crippen LogP contribution is 2.32. The summed E-state index contributed by atoms with van der Waals surface area (Å²) in [5, 5.41) is 15.1. The molecule has 0 spiro atoms. The van der Waals surface area contributed by atoms with E-state index in [1.807, 2.05) is 0 Å². The van der Waals surface area contributed by atoms with Crippen LogP contribution in [0, 0.1) is 5.92 Å². The molecule has 3 N–H and O–H groups in total. The fraction of sp³-hybridized carbons (Fsp3) is 0.867. The Morgan fingerprint density at radius 3 is 2.38 bits per heavy atom. The molecule has 0 saturated heterocycles. The van der Waals surface area contributed by atoms with E-state index in [1.54, 1.807) is 7.11 Å². The van der Waals surface area contributed by atoms with Gasteiger partial charge in [-0.1, -0.05) is 6.92 Å². The van der Waals surface area contributed by atoms with Gasteiger partial charge in [0.1, 0.15) is 5.54 Å². The second-order valence-corrected chi connectivity index (χ2v) is 6.54. The number of nitrogens with one attached hydrogen (secondary N) is 2. The number of amides is 2. The highest BCUT2D eigenvalue weighted by atomic mass is 16.5. The Hall–Kier alpha value is -1.30. The Morgan fingerprint density at radius 1 is 1.19 bits per heavy atom. The molecule has 0 bridgehead atoms. The minimum atomic E-state index is -1.10. The van der Waals surface area contributed by atoms with Crippen LogP contribution >= 0.6 is 0 Å². The van der Waals surface area contributed by atoms with Crippen molar-refractivity contribution in [2.45, 2.75) is 69.6 Å². The van der Waals surface area contributed by atoms with Crippen LogP contribution in [0.4, 0.5) is 4.79 Å². The summed E-state index contributed by atoms with van der Waals surface area (Å²) in [5.74, 6) is -0.398. The van der Waals surface area contributed by atoms with Gasteiger partial charge in [0.2, 0.25) is 0 Å². The van der Waals surface area contributed by atoms with Gasteiger partial charge in [-0.15, -0.1) is 0 Å². The van der Waals surface area contributed by atoms with Gasteiger partial charge in [0.15, 0.2) is 0 Å². The average Bonchev–Trinajstić information content (AvgIpc) is 2.89. The van der Waals surface area contributed by atoms with Crippen molar-refractivity contribution >= 4 is 12.0 Å². The third-order valence-corrected chi connectivity index (χ3v) is 4.94. The maximum absolute atomic E-state index is 12.1. The van der Waals surface area contributed by atoms with Gasteiger partial charge in [0.05, 0.1) is 6.10 Å². The molecule has 120 valence electrons. The number of ether oxygens (including phenoxy) is 1. The standard InChI is InChI=1S/C15H26N2O4/c1-10-5-7-15(8-6-10,13(18)19)17-14(20)16-11-3-4-12(9-11)21-2/h10-12H,3-9H2,1-2H3,(H,18,19)(H2,16,17,20). The maximum Gasteiger partial charge on any atom is 0.329 e. The van der Waals surface area contributed by atoms with Gasteiger partial charge in [-0.2, -0.15) is 0 Å². The van der Waals surface area contributed by atoms with E-state index in [2.05, 4.69) is 17.6 Å². The number of carboxylic acid groups (broad SMARTS) is 1. The van der Waals surface area contributed by atoms with Crippen molar-refractivity contribution in [3.63, 3.8) is 0 Å². The van der Waals surface area contributed by atoms with Crippen molar-refractivity contribution in [3.05, 3.63) is 0 Å². The fourth-order valence-electron chi connectivity index (χ4n) is 3.37. The molecule has 0 aliphatic heterocycles. The summed E-state index contributed by atoms with van der Waals surface area (Å²) in [6.07, 6.45) is 5.47. The molecule has 2 atom stereocenters. The van der Waals surface area contributed by atoms with Gasteiger partial charge in [0.25, 0.3) is 0 Å². The molecule has 21 heavy (non-hydrogen) atoms. The Morgan fingerprint density at radius 2 is 1.86 bits per heavy atom. The predicted molar refractivity (Wildman–Crippen MR) is 78.1 cm³/mol. The molecular formula is C15H26N2O4. The van der Waals surface area contributed by atoms with E-state index in [4.69, 9.17) is 4.74 Å². The first-order valence-corrected chi connectivity index (χ1v) is 7.80. The van der Waals surface area contributed by atoms with Crippen LogP contribution < -0.4 is 10.6 Å². The third kappa shape index (κ3) is 3.87. The first kappa shape index (κ1) is 16.1. The molecular weight excluding hydrogens is 272 g/mol. The summed E-state index contributed by atoms with van der Waals surface area (Å²) >= 11 is 0. The highest BCUT2D eigenvalue weighted by molar-refractivity contribution is 5.86. The molecule has 2 aliphatic rings. The predicted octanol–water partition coefficient (Wildman–Crippen LogP) is 1.89. The van der Waals surface area contributed by atoms with Crippen LogP contribution in [0.1, 0.15) is 51.9 Å². The lowest BCUT2D eigenvalue weighted by molar-refractivity contribution is -0.146. The van der Waals surface area contributed by atoms with Gasteiger partial charge < -0.3 is 20.5 Å². The van der Waals surface area contributed by atoms with E-state index in [-0.39, 0.29) is 18.2 Å². The molecule has 6 nitrogen and oxygen atoms in total. The number of carbonyl (C=O) groups excluding carboxylic acids is 1. The average molecular weight is 298 g/mol. The quantitative estimate of drug-likeness (QED) is 0.739. The van der Waals surface area contributed by atoms with Crippen LogP contribution in [0.2, 0.25) is 0 Å². The zero-order valence-electron chi connectivity index (χ0n) is 12.9. The molecule has 0 aromatic heterocycles.